The van der Waals surface area contributed by atoms with Gasteiger partial charge in [-0.1, -0.05) is 60.3 Å². The van der Waals surface area contributed by atoms with Gasteiger partial charge in [0.15, 0.2) is 0 Å². The Kier molecular flexibility index (Phi) is 6.51. The molecular weight excluding hydrogens is 144 g/mol. The van der Waals surface area contributed by atoms with Crippen LogP contribution >= 0.6 is 0 Å². The van der Waals surface area contributed by atoms with Gasteiger partial charge in [-0.25, -0.2) is 0 Å². The second kappa shape index (κ2) is 6.51. The van der Waals surface area contributed by atoms with Crippen LogP contribution < -0.4 is 0 Å². The maximum Gasteiger partial charge on any atom is -0.0417 e. The lowest BCUT2D eigenvalue weighted by Crippen LogP contribution is -2.03. The Labute approximate surface area is 78.8 Å². The van der Waals surface area contributed by atoms with Gasteiger partial charge >= 0.3 is 0 Å². The molecule has 0 amide bonds. The van der Waals surface area contributed by atoms with Gasteiger partial charge in [-0.3, -0.25) is 0 Å². The Bertz CT molecular complexity index is 92.2. The summed E-state index contributed by atoms with van der Waals surface area (Å²) in [6.07, 6.45) is 5.29. The van der Waals surface area contributed by atoms with Crippen LogP contribution in [0.25, 0.3) is 0 Å². The van der Waals surface area contributed by atoms with Crippen molar-refractivity contribution in [1.82, 2.24) is 0 Å². The first-order chi connectivity index (χ1) is 5.54. The lowest BCUT2D eigenvalue weighted by Gasteiger charge is -2.14. The van der Waals surface area contributed by atoms with E-state index < -0.39 is 0 Å². The third kappa shape index (κ3) is 6.69. The molecule has 0 nitrogen and oxygen atoms in total. The molecule has 0 spiro atoms. The second-order valence-corrected chi connectivity index (χ2v) is 4.34. The van der Waals surface area contributed by atoms with Crippen molar-refractivity contribution in [1.29, 1.82) is 0 Å². The van der Waals surface area contributed by atoms with E-state index in [4.69, 9.17) is 0 Å². The van der Waals surface area contributed by atoms with Crippen molar-refractivity contribution in [2.75, 3.05) is 0 Å². The van der Waals surface area contributed by atoms with Crippen LogP contribution in [0.4, 0.5) is 0 Å². The molecular formula is C12H24. The Morgan fingerprint density at radius 1 is 0.917 bits per heavy atom. The summed E-state index contributed by atoms with van der Waals surface area (Å²) in [5, 5.41) is 0. The fraction of sp³-hybridized carbons (Fsp3) is 0.833. The summed E-state index contributed by atoms with van der Waals surface area (Å²) < 4.78 is 0. The van der Waals surface area contributed by atoms with Crippen molar-refractivity contribution in [3.63, 3.8) is 0 Å². The fourth-order valence-corrected chi connectivity index (χ4v) is 1.24. The van der Waals surface area contributed by atoms with E-state index in [-0.39, 0.29) is 0 Å². The maximum absolute atomic E-state index is 4.04. The van der Waals surface area contributed by atoms with Crippen LogP contribution in [0.3, 0.4) is 0 Å². The standard InChI is InChI=1S/C12H24/c1-10(2)8-6-7-9-12(5)11(3)4/h10-12H,1,3,6-9H2,2,4-5H3. The molecule has 0 saturated carbocycles. The van der Waals surface area contributed by atoms with E-state index >= 15 is 0 Å². The Morgan fingerprint density at radius 2 is 1.42 bits per heavy atom. The first kappa shape index (κ1) is 12.0. The molecule has 12 heavy (non-hydrogen) atoms. The molecule has 0 aromatic rings. The molecule has 0 aliphatic carbocycles. The zero-order valence-corrected chi connectivity index (χ0v) is 8.97. The van der Waals surface area contributed by atoms with E-state index in [0.29, 0.717) is 11.8 Å². The summed E-state index contributed by atoms with van der Waals surface area (Å²) in [7, 11) is 0. The normalized spacial score (nSPS) is 14.2. The predicted molar refractivity (Wildman–Crippen MR) is 56.7 cm³/mol. The molecule has 0 N–H and O–H groups in total. The van der Waals surface area contributed by atoms with E-state index in [1.54, 1.807) is 0 Å². The summed E-state index contributed by atoms with van der Waals surface area (Å²) in [6, 6.07) is 0. The first-order valence-corrected chi connectivity index (χ1v) is 5.20. The minimum atomic E-state index is 0.599. The molecule has 3 unspecified atom stereocenters. The van der Waals surface area contributed by atoms with Crippen molar-refractivity contribution in [3.8, 4) is 0 Å². The van der Waals surface area contributed by atoms with Gasteiger partial charge in [0.05, 0.1) is 0 Å². The van der Waals surface area contributed by atoms with E-state index in [2.05, 4.69) is 34.6 Å². The van der Waals surface area contributed by atoms with Crippen molar-refractivity contribution in [3.05, 3.63) is 13.8 Å². The summed E-state index contributed by atoms with van der Waals surface area (Å²) in [4.78, 5) is 0. The highest BCUT2D eigenvalue weighted by Crippen LogP contribution is 2.18. The van der Waals surface area contributed by atoms with E-state index in [0.717, 1.165) is 5.92 Å². The number of hydrogen-bond donors (Lipinski definition) is 0. The molecule has 0 aliphatic rings. The van der Waals surface area contributed by atoms with Gasteiger partial charge in [0.25, 0.3) is 0 Å². The Balaban J connectivity index is 3.20. The van der Waals surface area contributed by atoms with Gasteiger partial charge in [-0.2, -0.15) is 0 Å². The zero-order chi connectivity index (χ0) is 9.56. The molecule has 0 fully saturated rings. The number of unbranched alkanes of at least 4 members (excludes halogenated alkanes) is 1. The third-order valence-corrected chi connectivity index (χ3v) is 2.58. The molecule has 72 valence electrons. The van der Waals surface area contributed by atoms with Gasteiger partial charge in [0.1, 0.15) is 0 Å². The van der Waals surface area contributed by atoms with Crippen LogP contribution in [0.15, 0.2) is 0 Å². The molecule has 0 heteroatoms. The van der Waals surface area contributed by atoms with Crippen molar-refractivity contribution in [2.24, 2.45) is 17.8 Å². The lowest BCUT2D eigenvalue weighted by atomic mass is 9.91. The van der Waals surface area contributed by atoms with Crippen LogP contribution in [0.2, 0.25) is 0 Å². The third-order valence-electron chi connectivity index (χ3n) is 2.58. The molecule has 2 radical (unpaired) electrons. The smallest absolute Gasteiger partial charge is 0.0417 e. The quantitative estimate of drug-likeness (QED) is 0.523. The predicted octanol–water partition coefficient (Wildman–Crippen LogP) is 4.12. The van der Waals surface area contributed by atoms with Crippen LogP contribution in [-0.2, 0) is 0 Å². The molecule has 0 aromatic heterocycles. The van der Waals surface area contributed by atoms with Crippen molar-refractivity contribution < 1.29 is 0 Å². The Hall–Kier alpha value is 0. The molecule has 0 bridgehead atoms. The second-order valence-electron chi connectivity index (χ2n) is 4.34. The largest absolute Gasteiger partial charge is 0.0625 e. The molecule has 0 rings (SSSR count). The van der Waals surface area contributed by atoms with E-state index in [1.807, 2.05) is 0 Å². The topological polar surface area (TPSA) is 0 Å². The van der Waals surface area contributed by atoms with Crippen molar-refractivity contribution in [2.45, 2.75) is 46.5 Å². The lowest BCUT2D eigenvalue weighted by molar-refractivity contribution is 0.399. The fourth-order valence-electron chi connectivity index (χ4n) is 1.24. The highest BCUT2D eigenvalue weighted by Gasteiger charge is 2.06. The van der Waals surface area contributed by atoms with Crippen molar-refractivity contribution >= 4 is 0 Å². The highest BCUT2D eigenvalue weighted by molar-refractivity contribution is 4.64. The Morgan fingerprint density at radius 3 is 1.83 bits per heavy atom. The van der Waals surface area contributed by atoms with Crippen LogP contribution in [0.1, 0.15) is 46.5 Å². The number of rotatable bonds is 6. The molecule has 0 aliphatic heterocycles. The number of hydrogen-bond acceptors (Lipinski definition) is 0. The summed E-state index contributed by atoms with van der Waals surface area (Å²) in [5.74, 6) is 2.00. The average molecular weight is 168 g/mol. The molecule has 3 atom stereocenters. The van der Waals surface area contributed by atoms with Crippen LogP contribution in [0, 0.1) is 31.6 Å². The first-order valence-electron chi connectivity index (χ1n) is 5.20. The average Bonchev–Trinajstić information content (AvgIpc) is 1.97. The van der Waals surface area contributed by atoms with Gasteiger partial charge in [-0.15, -0.1) is 0 Å². The summed E-state index contributed by atoms with van der Waals surface area (Å²) in [6.45, 7) is 14.7. The minimum absolute atomic E-state index is 0.599. The molecule has 0 aromatic carbocycles. The SMILES string of the molecule is [CH2]C(C)CCCCC(C)C([CH2])C. The zero-order valence-electron chi connectivity index (χ0n) is 8.97. The van der Waals surface area contributed by atoms with Gasteiger partial charge < -0.3 is 0 Å². The summed E-state index contributed by atoms with van der Waals surface area (Å²) in [5.41, 5.74) is 0. The molecule has 0 heterocycles. The van der Waals surface area contributed by atoms with E-state index in [1.165, 1.54) is 25.7 Å². The van der Waals surface area contributed by atoms with E-state index in [9.17, 15) is 0 Å². The summed E-state index contributed by atoms with van der Waals surface area (Å²) >= 11 is 0. The van der Waals surface area contributed by atoms with Gasteiger partial charge in [0.2, 0.25) is 0 Å². The van der Waals surface area contributed by atoms with Gasteiger partial charge in [0, 0.05) is 0 Å². The van der Waals surface area contributed by atoms with Crippen LogP contribution in [-0.4, -0.2) is 0 Å². The highest BCUT2D eigenvalue weighted by atomic mass is 14.1. The molecule has 0 saturated heterocycles. The minimum Gasteiger partial charge on any atom is -0.0625 e. The van der Waals surface area contributed by atoms with Crippen LogP contribution in [0.5, 0.6) is 0 Å². The maximum atomic E-state index is 4.04. The monoisotopic (exact) mass is 168 g/mol. The van der Waals surface area contributed by atoms with Gasteiger partial charge in [-0.05, 0) is 17.8 Å².